The average molecular weight is 282 g/mol. The Hall–Kier alpha value is -1.06. The molecule has 1 saturated carbocycles. The SMILES string of the molecule is CCOC(=O)C(NC1CCCC1)c1cccc(Cl)c1. The first kappa shape index (κ1) is 14.4. The molecule has 0 amide bonds. The lowest BCUT2D eigenvalue weighted by Gasteiger charge is -2.22. The Balaban J connectivity index is 2.15. The van der Waals surface area contributed by atoms with E-state index < -0.39 is 6.04 Å². The van der Waals surface area contributed by atoms with Crippen LogP contribution in [0.15, 0.2) is 24.3 Å². The van der Waals surface area contributed by atoms with Crippen molar-refractivity contribution in [2.24, 2.45) is 0 Å². The fourth-order valence-corrected chi connectivity index (χ4v) is 2.74. The van der Waals surface area contributed by atoms with Gasteiger partial charge in [-0.25, -0.2) is 4.79 Å². The molecule has 0 aliphatic heterocycles. The van der Waals surface area contributed by atoms with Crippen LogP contribution in [-0.2, 0) is 9.53 Å². The summed E-state index contributed by atoms with van der Waals surface area (Å²) < 4.78 is 5.16. The molecule has 1 N–H and O–H groups in total. The zero-order valence-corrected chi connectivity index (χ0v) is 12.0. The smallest absolute Gasteiger partial charge is 0.327 e. The Bertz CT molecular complexity index is 430. The van der Waals surface area contributed by atoms with Crippen molar-refractivity contribution < 1.29 is 9.53 Å². The Morgan fingerprint density at radius 3 is 2.84 bits per heavy atom. The first-order chi connectivity index (χ1) is 9.20. The number of carbonyl (C=O) groups is 1. The second-order valence-electron chi connectivity index (χ2n) is 4.89. The summed E-state index contributed by atoms with van der Waals surface area (Å²) in [5.41, 5.74) is 0.873. The lowest BCUT2D eigenvalue weighted by Crippen LogP contribution is -2.36. The van der Waals surface area contributed by atoms with Gasteiger partial charge < -0.3 is 4.74 Å². The highest BCUT2D eigenvalue weighted by atomic mass is 35.5. The molecule has 0 bridgehead atoms. The van der Waals surface area contributed by atoms with Crippen molar-refractivity contribution in [1.82, 2.24) is 5.32 Å². The van der Waals surface area contributed by atoms with Gasteiger partial charge in [-0.1, -0.05) is 36.6 Å². The molecular weight excluding hydrogens is 262 g/mol. The summed E-state index contributed by atoms with van der Waals surface area (Å²) in [6.07, 6.45) is 4.69. The van der Waals surface area contributed by atoms with Crippen LogP contribution in [0.1, 0.15) is 44.2 Å². The highest BCUT2D eigenvalue weighted by molar-refractivity contribution is 6.30. The normalized spacial score (nSPS) is 17.4. The maximum Gasteiger partial charge on any atom is 0.327 e. The van der Waals surface area contributed by atoms with Crippen LogP contribution in [-0.4, -0.2) is 18.6 Å². The van der Waals surface area contributed by atoms with Crippen LogP contribution in [0.2, 0.25) is 5.02 Å². The number of nitrogens with one attached hydrogen (secondary N) is 1. The summed E-state index contributed by atoms with van der Waals surface area (Å²) in [7, 11) is 0. The summed E-state index contributed by atoms with van der Waals surface area (Å²) in [5, 5.41) is 4.05. The van der Waals surface area contributed by atoms with Gasteiger partial charge in [0, 0.05) is 11.1 Å². The molecule has 0 spiro atoms. The van der Waals surface area contributed by atoms with Crippen LogP contribution in [0.4, 0.5) is 0 Å². The van der Waals surface area contributed by atoms with Crippen LogP contribution in [0.25, 0.3) is 0 Å². The largest absolute Gasteiger partial charge is 0.465 e. The zero-order chi connectivity index (χ0) is 13.7. The van der Waals surface area contributed by atoms with Gasteiger partial charge in [-0.3, -0.25) is 5.32 Å². The van der Waals surface area contributed by atoms with E-state index in [0.717, 1.165) is 18.4 Å². The van der Waals surface area contributed by atoms with Gasteiger partial charge in [-0.2, -0.15) is 0 Å². The Labute approximate surface area is 119 Å². The number of hydrogen-bond donors (Lipinski definition) is 1. The number of benzene rings is 1. The molecule has 0 aromatic heterocycles. The minimum absolute atomic E-state index is 0.225. The summed E-state index contributed by atoms with van der Waals surface area (Å²) >= 11 is 6.01. The van der Waals surface area contributed by atoms with Crippen LogP contribution in [0.3, 0.4) is 0 Å². The third-order valence-electron chi connectivity index (χ3n) is 3.46. The van der Waals surface area contributed by atoms with Crippen LogP contribution in [0.5, 0.6) is 0 Å². The Morgan fingerprint density at radius 1 is 1.47 bits per heavy atom. The van der Waals surface area contributed by atoms with Gasteiger partial charge in [-0.15, -0.1) is 0 Å². The number of halogens is 1. The van der Waals surface area contributed by atoms with E-state index in [1.54, 1.807) is 0 Å². The number of hydrogen-bond acceptors (Lipinski definition) is 3. The number of rotatable bonds is 5. The number of ether oxygens (including phenoxy) is 1. The maximum absolute atomic E-state index is 12.1. The number of esters is 1. The van der Waals surface area contributed by atoms with Crippen molar-refractivity contribution in [1.29, 1.82) is 0 Å². The van der Waals surface area contributed by atoms with Crippen molar-refractivity contribution >= 4 is 17.6 Å². The third-order valence-corrected chi connectivity index (χ3v) is 3.70. The van der Waals surface area contributed by atoms with E-state index in [1.165, 1.54) is 12.8 Å². The van der Waals surface area contributed by atoms with Crippen molar-refractivity contribution in [3.63, 3.8) is 0 Å². The van der Waals surface area contributed by atoms with E-state index in [1.807, 2.05) is 31.2 Å². The van der Waals surface area contributed by atoms with Crippen molar-refractivity contribution in [2.75, 3.05) is 6.61 Å². The van der Waals surface area contributed by atoms with Gasteiger partial charge in [0.1, 0.15) is 6.04 Å². The van der Waals surface area contributed by atoms with E-state index in [0.29, 0.717) is 17.7 Å². The van der Waals surface area contributed by atoms with Crippen molar-refractivity contribution in [2.45, 2.75) is 44.7 Å². The van der Waals surface area contributed by atoms with Crippen molar-refractivity contribution in [3.05, 3.63) is 34.9 Å². The van der Waals surface area contributed by atoms with Gasteiger partial charge >= 0.3 is 5.97 Å². The zero-order valence-electron chi connectivity index (χ0n) is 11.2. The molecule has 19 heavy (non-hydrogen) atoms. The summed E-state index contributed by atoms with van der Waals surface area (Å²) in [5.74, 6) is -0.225. The molecule has 3 nitrogen and oxygen atoms in total. The second-order valence-corrected chi connectivity index (χ2v) is 5.32. The highest BCUT2D eigenvalue weighted by Gasteiger charge is 2.26. The van der Waals surface area contributed by atoms with E-state index in [9.17, 15) is 4.79 Å². The maximum atomic E-state index is 12.1. The fourth-order valence-electron chi connectivity index (χ4n) is 2.54. The molecule has 1 unspecified atom stereocenters. The summed E-state index contributed by atoms with van der Waals surface area (Å²) in [4.78, 5) is 12.1. The van der Waals surface area contributed by atoms with Crippen LogP contribution in [0, 0.1) is 0 Å². The molecule has 4 heteroatoms. The second kappa shape index (κ2) is 6.92. The first-order valence-corrected chi connectivity index (χ1v) is 7.26. The fraction of sp³-hybridized carbons (Fsp3) is 0.533. The standard InChI is InChI=1S/C15H20ClNO2/c1-2-19-15(18)14(17-13-8-3-4-9-13)11-6-5-7-12(16)10-11/h5-7,10,13-14,17H,2-4,8-9H2,1H3. The molecule has 1 fully saturated rings. The van der Waals surface area contributed by atoms with Gasteiger partial charge in [0.2, 0.25) is 0 Å². The van der Waals surface area contributed by atoms with E-state index in [-0.39, 0.29) is 5.97 Å². The van der Waals surface area contributed by atoms with Crippen molar-refractivity contribution in [3.8, 4) is 0 Å². The van der Waals surface area contributed by atoms with E-state index >= 15 is 0 Å². The van der Waals surface area contributed by atoms with Gasteiger partial charge in [0.25, 0.3) is 0 Å². The predicted molar refractivity (Wildman–Crippen MR) is 76.2 cm³/mol. The van der Waals surface area contributed by atoms with Crippen LogP contribution < -0.4 is 5.32 Å². The molecule has 1 aliphatic rings. The minimum Gasteiger partial charge on any atom is -0.465 e. The molecule has 0 saturated heterocycles. The Kier molecular flexibility index (Phi) is 5.23. The van der Waals surface area contributed by atoms with Crippen LogP contribution >= 0.6 is 11.6 Å². The quantitative estimate of drug-likeness (QED) is 0.840. The third kappa shape index (κ3) is 3.95. The average Bonchev–Trinajstić information content (AvgIpc) is 2.89. The molecule has 1 aromatic rings. The first-order valence-electron chi connectivity index (χ1n) is 6.89. The topological polar surface area (TPSA) is 38.3 Å². The predicted octanol–water partition coefficient (Wildman–Crippen LogP) is 3.48. The van der Waals surface area contributed by atoms with Gasteiger partial charge in [0.05, 0.1) is 6.61 Å². The molecule has 1 atom stereocenters. The monoisotopic (exact) mass is 281 g/mol. The molecule has 2 rings (SSSR count). The summed E-state index contributed by atoms with van der Waals surface area (Å²) in [6, 6.07) is 7.39. The lowest BCUT2D eigenvalue weighted by molar-refractivity contribution is -0.146. The number of carbonyl (C=O) groups excluding carboxylic acids is 1. The molecule has 0 radical (unpaired) electrons. The van der Waals surface area contributed by atoms with Gasteiger partial charge in [0.15, 0.2) is 0 Å². The highest BCUT2D eigenvalue weighted by Crippen LogP contribution is 2.24. The lowest BCUT2D eigenvalue weighted by atomic mass is 10.1. The molecule has 1 aliphatic carbocycles. The van der Waals surface area contributed by atoms with Gasteiger partial charge in [-0.05, 0) is 37.5 Å². The molecule has 104 valence electrons. The van der Waals surface area contributed by atoms with E-state index in [2.05, 4.69) is 5.32 Å². The molecular formula is C15H20ClNO2. The Morgan fingerprint density at radius 2 is 2.21 bits per heavy atom. The van der Waals surface area contributed by atoms with E-state index in [4.69, 9.17) is 16.3 Å². The molecule has 1 aromatic carbocycles. The molecule has 0 heterocycles. The minimum atomic E-state index is -0.415. The summed E-state index contributed by atoms with van der Waals surface area (Å²) in [6.45, 7) is 2.21.